The molecule has 1 saturated carbocycles. The van der Waals surface area contributed by atoms with E-state index in [9.17, 15) is 17.9 Å². The van der Waals surface area contributed by atoms with Crippen LogP contribution in [0.1, 0.15) is 36.9 Å². The van der Waals surface area contributed by atoms with Crippen molar-refractivity contribution < 1.29 is 22.3 Å². The first-order valence-electron chi connectivity index (χ1n) is 10.7. The first-order valence-corrected chi connectivity index (χ1v) is 12.5. The number of nitrogens with one attached hydrogen (secondary N) is 1. The summed E-state index contributed by atoms with van der Waals surface area (Å²) in [5, 5.41) is 11.1. The van der Waals surface area contributed by atoms with Gasteiger partial charge in [-0.2, -0.15) is 0 Å². The monoisotopic (exact) mass is 469 g/mol. The predicted molar refractivity (Wildman–Crippen MR) is 125 cm³/mol. The van der Waals surface area contributed by atoms with Crippen LogP contribution in [-0.2, 0) is 10.0 Å². The second-order valence-electron chi connectivity index (χ2n) is 8.60. The molecule has 2 aromatic heterocycles. The maximum absolute atomic E-state index is 13.6. The molecular weight excluding hydrogens is 445 g/mol. The van der Waals surface area contributed by atoms with E-state index >= 15 is 0 Å². The molecule has 0 bridgehead atoms. The average Bonchev–Trinajstić information content (AvgIpc) is 3.38. The van der Waals surface area contributed by atoms with Gasteiger partial charge in [0.05, 0.1) is 17.5 Å². The number of fused-ring (bicyclic) bond motifs is 1. The molecule has 172 valence electrons. The lowest BCUT2D eigenvalue weighted by molar-refractivity contribution is 0.207. The summed E-state index contributed by atoms with van der Waals surface area (Å²) >= 11 is 0. The third-order valence-electron chi connectivity index (χ3n) is 5.83. The highest BCUT2D eigenvalue weighted by Crippen LogP contribution is 2.49. The van der Waals surface area contributed by atoms with Crippen LogP contribution < -0.4 is 4.31 Å². The SMILES string of the molecule is Cc1cnc(-c2c(-c3ccc(F)cc3)oc3cc(N(C(C)O)S(C)(=O)=O)c(C4CC4)cc23)[nH]1. The van der Waals surface area contributed by atoms with Crippen LogP contribution in [-0.4, -0.2) is 36.0 Å². The zero-order valence-electron chi connectivity index (χ0n) is 18.5. The number of aromatic amines is 1. The summed E-state index contributed by atoms with van der Waals surface area (Å²) < 4.78 is 45.9. The number of halogens is 1. The number of nitrogens with zero attached hydrogens (tertiary/aromatic N) is 2. The summed E-state index contributed by atoms with van der Waals surface area (Å²) in [6.45, 7) is 3.32. The molecule has 7 nitrogen and oxygen atoms in total. The minimum Gasteiger partial charge on any atom is -0.455 e. The quantitative estimate of drug-likeness (QED) is 0.391. The van der Waals surface area contributed by atoms with E-state index in [1.165, 1.54) is 19.1 Å². The van der Waals surface area contributed by atoms with Gasteiger partial charge in [-0.25, -0.2) is 22.1 Å². The minimum atomic E-state index is -3.74. The van der Waals surface area contributed by atoms with Crippen LogP contribution in [0.4, 0.5) is 10.1 Å². The van der Waals surface area contributed by atoms with Crippen molar-refractivity contribution in [2.24, 2.45) is 0 Å². The molecule has 1 unspecified atom stereocenters. The van der Waals surface area contributed by atoms with E-state index in [-0.39, 0.29) is 11.7 Å². The number of anilines is 1. The molecule has 2 aromatic carbocycles. The third-order valence-corrected chi connectivity index (χ3v) is 7.05. The molecule has 2 heterocycles. The average molecular weight is 470 g/mol. The highest BCUT2D eigenvalue weighted by molar-refractivity contribution is 7.92. The number of H-pyrrole nitrogens is 1. The Balaban J connectivity index is 1.82. The predicted octanol–water partition coefficient (Wildman–Crippen LogP) is 4.92. The molecule has 4 aromatic rings. The van der Waals surface area contributed by atoms with Crippen LogP contribution in [0, 0.1) is 12.7 Å². The molecule has 0 radical (unpaired) electrons. The second kappa shape index (κ2) is 7.71. The maximum atomic E-state index is 13.6. The van der Waals surface area contributed by atoms with E-state index < -0.39 is 16.3 Å². The molecular formula is C24H24FN3O4S. The van der Waals surface area contributed by atoms with Crippen molar-refractivity contribution in [1.29, 1.82) is 0 Å². The molecule has 0 spiro atoms. The summed E-state index contributed by atoms with van der Waals surface area (Å²) in [5.74, 6) is 0.948. The molecule has 2 N–H and O–H groups in total. The van der Waals surface area contributed by atoms with Gasteiger partial charge in [0.2, 0.25) is 10.0 Å². The standard InChI is InChI=1S/C24H24FN3O4S/c1-13-12-26-24(27-13)22-19-10-18(15-4-5-15)20(28(14(2)29)33(3,30)31)11-21(19)32-23(22)16-6-8-17(25)9-7-16/h6-12,14-15,29H,4-5H2,1-3H3,(H,26,27). The van der Waals surface area contributed by atoms with E-state index in [2.05, 4.69) is 9.97 Å². The zero-order chi connectivity index (χ0) is 23.5. The lowest BCUT2D eigenvalue weighted by Gasteiger charge is -2.27. The number of aryl methyl sites for hydroxylation is 1. The van der Waals surface area contributed by atoms with E-state index in [4.69, 9.17) is 4.42 Å². The van der Waals surface area contributed by atoms with Gasteiger partial charge in [0.1, 0.15) is 29.2 Å². The number of aliphatic hydroxyl groups is 1. The van der Waals surface area contributed by atoms with Crippen molar-refractivity contribution in [3.63, 3.8) is 0 Å². The lowest BCUT2D eigenvalue weighted by atomic mass is 10.0. The number of hydrogen-bond donors (Lipinski definition) is 2. The number of aromatic nitrogens is 2. The number of benzene rings is 2. The van der Waals surface area contributed by atoms with Crippen LogP contribution in [0.25, 0.3) is 33.7 Å². The van der Waals surface area contributed by atoms with Crippen LogP contribution in [0.3, 0.4) is 0 Å². The summed E-state index contributed by atoms with van der Waals surface area (Å²) in [7, 11) is -3.74. The third kappa shape index (κ3) is 3.91. The van der Waals surface area contributed by atoms with Crippen molar-refractivity contribution in [3.05, 3.63) is 59.7 Å². The first kappa shape index (κ1) is 21.7. The van der Waals surface area contributed by atoms with Crippen LogP contribution in [0.2, 0.25) is 0 Å². The minimum absolute atomic E-state index is 0.197. The van der Waals surface area contributed by atoms with Gasteiger partial charge >= 0.3 is 0 Å². The van der Waals surface area contributed by atoms with Gasteiger partial charge in [-0.3, -0.25) is 0 Å². The number of aliphatic hydroxyl groups excluding tert-OH is 1. The Bertz CT molecular complexity index is 1450. The molecule has 33 heavy (non-hydrogen) atoms. The Labute approximate surface area is 190 Å². The maximum Gasteiger partial charge on any atom is 0.234 e. The fourth-order valence-electron chi connectivity index (χ4n) is 4.30. The Morgan fingerprint density at radius 1 is 1.24 bits per heavy atom. The number of rotatable bonds is 6. The molecule has 1 fully saturated rings. The fourth-order valence-corrected chi connectivity index (χ4v) is 5.37. The fraction of sp³-hybridized carbons (Fsp3) is 0.292. The number of furan rings is 1. The van der Waals surface area contributed by atoms with E-state index in [1.807, 2.05) is 13.0 Å². The smallest absolute Gasteiger partial charge is 0.234 e. The topological polar surface area (TPSA) is 99.4 Å². The van der Waals surface area contributed by atoms with Crippen molar-refractivity contribution in [3.8, 4) is 22.7 Å². The molecule has 5 rings (SSSR count). The van der Waals surface area contributed by atoms with Gasteiger partial charge in [0, 0.05) is 28.9 Å². The Kier molecular flexibility index (Phi) is 5.06. The number of sulfonamides is 1. The molecule has 1 atom stereocenters. The van der Waals surface area contributed by atoms with Gasteiger partial charge in [0.15, 0.2) is 0 Å². The Hall–Kier alpha value is -3.17. The second-order valence-corrected chi connectivity index (χ2v) is 10.5. The van der Waals surface area contributed by atoms with Crippen LogP contribution in [0.5, 0.6) is 0 Å². The highest BCUT2D eigenvalue weighted by atomic mass is 32.2. The van der Waals surface area contributed by atoms with Crippen molar-refractivity contribution in [1.82, 2.24) is 9.97 Å². The molecule has 1 aliphatic carbocycles. The Morgan fingerprint density at radius 3 is 2.48 bits per heavy atom. The van der Waals surface area contributed by atoms with Crippen molar-refractivity contribution in [2.75, 3.05) is 10.6 Å². The van der Waals surface area contributed by atoms with Crippen molar-refractivity contribution >= 4 is 26.7 Å². The van der Waals surface area contributed by atoms with Gasteiger partial charge in [-0.15, -0.1) is 0 Å². The molecule has 0 aliphatic heterocycles. The molecule has 0 amide bonds. The normalized spacial score (nSPS) is 15.2. The lowest BCUT2D eigenvalue weighted by Crippen LogP contribution is -2.38. The van der Waals surface area contributed by atoms with Crippen LogP contribution >= 0.6 is 0 Å². The molecule has 1 aliphatic rings. The summed E-state index contributed by atoms with van der Waals surface area (Å²) in [4.78, 5) is 7.74. The highest BCUT2D eigenvalue weighted by Gasteiger charge is 2.34. The van der Waals surface area contributed by atoms with Gasteiger partial charge < -0.3 is 14.5 Å². The zero-order valence-corrected chi connectivity index (χ0v) is 19.3. The molecule has 0 saturated heterocycles. The molecule has 9 heteroatoms. The van der Waals surface area contributed by atoms with E-state index in [0.717, 1.165) is 45.6 Å². The van der Waals surface area contributed by atoms with Crippen molar-refractivity contribution in [2.45, 2.75) is 38.8 Å². The Morgan fingerprint density at radius 2 is 1.94 bits per heavy atom. The number of hydrogen-bond acceptors (Lipinski definition) is 5. The summed E-state index contributed by atoms with van der Waals surface area (Å²) in [6.07, 6.45) is 3.43. The summed E-state index contributed by atoms with van der Waals surface area (Å²) in [6, 6.07) is 9.59. The van der Waals surface area contributed by atoms with Gasteiger partial charge in [-0.05, 0) is 68.5 Å². The largest absolute Gasteiger partial charge is 0.455 e. The van der Waals surface area contributed by atoms with E-state index in [1.54, 1.807) is 24.4 Å². The van der Waals surface area contributed by atoms with Crippen LogP contribution in [0.15, 0.2) is 47.0 Å². The first-order chi connectivity index (χ1) is 15.6. The number of imidazole rings is 1. The summed E-state index contributed by atoms with van der Waals surface area (Å²) in [5.41, 5.74) is 3.96. The van der Waals surface area contributed by atoms with Gasteiger partial charge in [0.25, 0.3) is 0 Å². The van der Waals surface area contributed by atoms with Gasteiger partial charge in [-0.1, -0.05) is 0 Å². The van der Waals surface area contributed by atoms with E-state index in [0.29, 0.717) is 28.4 Å².